The largest absolute Gasteiger partial charge is 0.461 e. The molecule has 0 aromatic heterocycles. The Kier molecular flexibility index (Phi) is 3.52. The van der Waals surface area contributed by atoms with Crippen LogP contribution in [0.5, 0.6) is 0 Å². The first-order chi connectivity index (χ1) is 9.83. The number of benzene rings is 2. The monoisotopic (exact) mass is 261 g/mol. The van der Waals surface area contributed by atoms with E-state index in [1.165, 1.54) is 0 Å². The highest BCUT2D eigenvalue weighted by Gasteiger charge is 2.27. The summed E-state index contributed by atoms with van der Waals surface area (Å²) in [5.74, 6) is 6.60. The SMILES string of the molecule is C[C@@H]1N=C(C#Cc2ccccc2)O[C@@H]1c1ccccc1. The molecule has 1 aliphatic heterocycles. The molecule has 0 unspecified atom stereocenters. The predicted molar refractivity (Wildman–Crippen MR) is 80.5 cm³/mol. The van der Waals surface area contributed by atoms with Crippen molar-refractivity contribution in [3.05, 3.63) is 71.8 Å². The fourth-order valence-corrected chi connectivity index (χ4v) is 2.20. The molecule has 0 fully saturated rings. The zero-order chi connectivity index (χ0) is 13.8. The van der Waals surface area contributed by atoms with Crippen LogP contribution in [0.3, 0.4) is 0 Å². The average Bonchev–Trinajstić information content (AvgIpc) is 2.88. The van der Waals surface area contributed by atoms with Crippen molar-refractivity contribution >= 4 is 5.90 Å². The molecule has 2 nitrogen and oxygen atoms in total. The van der Waals surface area contributed by atoms with E-state index in [2.05, 4.69) is 35.9 Å². The highest BCUT2D eigenvalue weighted by molar-refractivity contribution is 5.95. The van der Waals surface area contributed by atoms with E-state index in [1.807, 2.05) is 48.5 Å². The zero-order valence-electron chi connectivity index (χ0n) is 11.3. The maximum absolute atomic E-state index is 5.86. The van der Waals surface area contributed by atoms with Gasteiger partial charge in [0, 0.05) is 5.56 Å². The second-order valence-electron chi connectivity index (χ2n) is 4.74. The summed E-state index contributed by atoms with van der Waals surface area (Å²) in [5.41, 5.74) is 2.11. The Hall–Kier alpha value is -2.53. The predicted octanol–water partition coefficient (Wildman–Crippen LogP) is 3.60. The minimum Gasteiger partial charge on any atom is -0.461 e. The van der Waals surface area contributed by atoms with E-state index in [4.69, 9.17) is 4.74 Å². The quantitative estimate of drug-likeness (QED) is 0.719. The van der Waals surface area contributed by atoms with E-state index < -0.39 is 0 Å². The Morgan fingerprint density at radius 2 is 1.55 bits per heavy atom. The first-order valence-electron chi connectivity index (χ1n) is 6.69. The third kappa shape index (κ3) is 2.73. The van der Waals surface area contributed by atoms with E-state index >= 15 is 0 Å². The molecular formula is C18H15NO. The molecule has 3 rings (SSSR count). The maximum atomic E-state index is 5.86. The lowest BCUT2D eigenvalue weighted by Crippen LogP contribution is -2.10. The number of aliphatic imine (C=N–C) groups is 1. The van der Waals surface area contributed by atoms with Crippen LogP contribution in [0.25, 0.3) is 0 Å². The van der Waals surface area contributed by atoms with Gasteiger partial charge in [-0.25, -0.2) is 4.99 Å². The van der Waals surface area contributed by atoms with E-state index in [0.29, 0.717) is 5.90 Å². The lowest BCUT2D eigenvalue weighted by Gasteiger charge is -2.13. The molecule has 0 bridgehead atoms. The molecule has 2 heteroatoms. The molecular weight excluding hydrogens is 246 g/mol. The fourth-order valence-electron chi connectivity index (χ4n) is 2.20. The van der Waals surface area contributed by atoms with Crippen LogP contribution in [0.15, 0.2) is 65.7 Å². The standard InChI is InChI=1S/C18H15NO/c1-14-18(16-10-6-3-7-11-16)20-17(19-14)13-12-15-8-4-2-5-9-15/h2-11,14,18H,1H3/t14-,18-/m0/s1. The van der Waals surface area contributed by atoms with Crippen molar-refractivity contribution in [1.29, 1.82) is 0 Å². The first kappa shape index (κ1) is 12.5. The smallest absolute Gasteiger partial charge is 0.264 e. The van der Waals surface area contributed by atoms with Gasteiger partial charge < -0.3 is 4.74 Å². The summed E-state index contributed by atoms with van der Waals surface area (Å²) in [4.78, 5) is 4.48. The Bertz CT molecular complexity index is 665. The van der Waals surface area contributed by atoms with Crippen LogP contribution in [0, 0.1) is 11.8 Å². The normalized spacial score (nSPS) is 20.6. The molecule has 0 radical (unpaired) electrons. The van der Waals surface area contributed by atoms with Gasteiger partial charge in [-0.15, -0.1) is 0 Å². The van der Waals surface area contributed by atoms with Crippen LogP contribution in [0.2, 0.25) is 0 Å². The van der Waals surface area contributed by atoms with Crippen molar-refractivity contribution in [3.63, 3.8) is 0 Å². The van der Waals surface area contributed by atoms with Crippen molar-refractivity contribution in [2.75, 3.05) is 0 Å². The topological polar surface area (TPSA) is 21.6 Å². The van der Waals surface area contributed by atoms with Crippen molar-refractivity contribution < 1.29 is 4.74 Å². The van der Waals surface area contributed by atoms with E-state index in [9.17, 15) is 0 Å². The van der Waals surface area contributed by atoms with Gasteiger partial charge in [0.05, 0.1) is 6.04 Å². The van der Waals surface area contributed by atoms with Gasteiger partial charge in [-0.1, -0.05) is 54.5 Å². The molecule has 0 amide bonds. The highest BCUT2D eigenvalue weighted by atomic mass is 16.5. The first-order valence-corrected chi connectivity index (χ1v) is 6.69. The van der Waals surface area contributed by atoms with Crippen LogP contribution in [0.1, 0.15) is 24.2 Å². The molecule has 1 aliphatic rings. The lowest BCUT2D eigenvalue weighted by molar-refractivity contribution is 0.204. The third-order valence-electron chi connectivity index (χ3n) is 3.21. The van der Waals surface area contributed by atoms with Crippen molar-refractivity contribution in [3.8, 4) is 11.8 Å². The van der Waals surface area contributed by atoms with E-state index in [0.717, 1.165) is 11.1 Å². The molecule has 1 heterocycles. The van der Waals surface area contributed by atoms with Gasteiger partial charge >= 0.3 is 0 Å². The molecule has 2 atom stereocenters. The fraction of sp³-hybridized carbons (Fsp3) is 0.167. The number of ether oxygens (including phenoxy) is 1. The Balaban J connectivity index is 1.75. The van der Waals surface area contributed by atoms with Crippen molar-refractivity contribution in [1.82, 2.24) is 0 Å². The molecule has 0 N–H and O–H groups in total. The molecule has 2 aromatic carbocycles. The van der Waals surface area contributed by atoms with Crippen LogP contribution >= 0.6 is 0 Å². The number of hydrogen-bond acceptors (Lipinski definition) is 2. The summed E-state index contributed by atoms with van der Waals surface area (Å²) in [6.45, 7) is 2.05. The van der Waals surface area contributed by atoms with Gasteiger partial charge in [0.1, 0.15) is 6.10 Å². The molecule has 98 valence electrons. The summed E-state index contributed by atoms with van der Waals surface area (Å²) < 4.78 is 5.86. The summed E-state index contributed by atoms with van der Waals surface area (Å²) >= 11 is 0. The third-order valence-corrected chi connectivity index (χ3v) is 3.21. The second kappa shape index (κ2) is 5.63. The van der Waals surface area contributed by atoms with Gasteiger partial charge in [0.2, 0.25) is 0 Å². The zero-order valence-corrected chi connectivity index (χ0v) is 11.3. The van der Waals surface area contributed by atoms with Gasteiger partial charge in [0.15, 0.2) is 0 Å². The average molecular weight is 261 g/mol. The number of rotatable bonds is 1. The van der Waals surface area contributed by atoms with Crippen molar-refractivity contribution in [2.24, 2.45) is 4.99 Å². The Morgan fingerprint density at radius 3 is 2.25 bits per heavy atom. The molecule has 20 heavy (non-hydrogen) atoms. The van der Waals surface area contributed by atoms with Crippen LogP contribution in [0.4, 0.5) is 0 Å². The molecule has 0 saturated heterocycles. The van der Waals surface area contributed by atoms with Crippen LogP contribution < -0.4 is 0 Å². The molecule has 2 aromatic rings. The van der Waals surface area contributed by atoms with E-state index in [-0.39, 0.29) is 12.1 Å². The summed E-state index contributed by atoms with van der Waals surface area (Å²) in [5, 5.41) is 0. The minimum absolute atomic E-state index is 0.0312. The van der Waals surface area contributed by atoms with Gasteiger partial charge in [-0.3, -0.25) is 0 Å². The summed E-state index contributed by atoms with van der Waals surface area (Å²) in [6.07, 6.45) is -0.0312. The summed E-state index contributed by atoms with van der Waals surface area (Å²) in [6, 6.07) is 20.1. The molecule has 0 aliphatic carbocycles. The van der Waals surface area contributed by atoms with Gasteiger partial charge in [-0.2, -0.15) is 0 Å². The number of hydrogen-bond donors (Lipinski definition) is 0. The molecule has 0 spiro atoms. The molecule has 0 saturated carbocycles. The maximum Gasteiger partial charge on any atom is 0.264 e. The van der Waals surface area contributed by atoms with Gasteiger partial charge in [0.25, 0.3) is 5.90 Å². The second-order valence-corrected chi connectivity index (χ2v) is 4.74. The van der Waals surface area contributed by atoms with E-state index in [1.54, 1.807) is 0 Å². The van der Waals surface area contributed by atoms with Crippen LogP contribution in [-0.4, -0.2) is 11.9 Å². The summed E-state index contributed by atoms with van der Waals surface area (Å²) in [7, 11) is 0. The van der Waals surface area contributed by atoms with Crippen LogP contribution in [-0.2, 0) is 4.74 Å². The minimum atomic E-state index is -0.0312. The van der Waals surface area contributed by atoms with Gasteiger partial charge in [-0.05, 0) is 30.5 Å². The highest BCUT2D eigenvalue weighted by Crippen LogP contribution is 2.28. The Morgan fingerprint density at radius 1 is 0.900 bits per heavy atom. The van der Waals surface area contributed by atoms with Crippen molar-refractivity contribution in [2.45, 2.75) is 19.1 Å². The lowest BCUT2D eigenvalue weighted by atomic mass is 10.0. The Labute approximate surface area is 119 Å². The number of nitrogens with zero attached hydrogens (tertiary/aromatic N) is 1.